The normalized spacial score (nSPS) is 17.0. The van der Waals surface area contributed by atoms with Gasteiger partial charge in [0, 0.05) is 38.8 Å². The van der Waals surface area contributed by atoms with Gasteiger partial charge in [-0.3, -0.25) is 14.5 Å². The SMILES string of the molecule is CC(=O)N1CCN([C@H](C)C(=O)Nc2c(C)cccc2C(C)C)CC1. The first-order valence-electron chi connectivity index (χ1n) is 8.71. The zero-order chi connectivity index (χ0) is 17.9. The van der Waals surface area contributed by atoms with E-state index in [1.165, 1.54) is 0 Å². The molecular formula is C19H29N3O2. The van der Waals surface area contributed by atoms with Gasteiger partial charge in [-0.25, -0.2) is 0 Å². The minimum atomic E-state index is -0.210. The van der Waals surface area contributed by atoms with Crippen molar-refractivity contribution in [3.8, 4) is 0 Å². The molecule has 24 heavy (non-hydrogen) atoms. The topological polar surface area (TPSA) is 52.7 Å². The summed E-state index contributed by atoms with van der Waals surface area (Å²) >= 11 is 0. The molecular weight excluding hydrogens is 302 g/mol. The Morgan fingerprint density at radius 2 is 1.71 bits per heavy atom. The Morgan fingerprint density at radius 1 is 1.08 bits per heavy atom. The number of benzene rings is 1. The van der Waals surface area contributed by atoms with Crippen molar-refractivity contribution in [2.75, 3.05) is 31.5 Å². The van der Waals surface area contributed by atoms with Crippen molar-refractivity contribution in [2.24, 2.45) is 0 Å². The van der Waals surface area contributed by atoms with Crippen LogP contribution in [0.4, 0.5) is 5.69 Å². The molecule has 2 rings (SSSR count). The van der Waals surface area contributed by atoms with Crippen molar-refractivity contribution in [3.05, 3.63) is 29.3 Å². The highest BCUT2D eigenvalue weighted by Gasteiger charge is 2.27. The van der Waals surface area contributed by atoms with Gasteiger partial charge in [0.25, 0.3) is 0 Å². The minimum absolute atomic E-state index is 0.0162. The molecule has 2 amide bonds. The predicted molar refractivity (Wildman–Crippen MR) is 97.2 cm³/mol. The monoisotopic (exact) mass is 331 g/mol. The molecule has 1 aromatic carbocycles. The molecule has 1 aromatic rings. The first-order valence-corrected chi connectivity index (χ1v) is 8.71. The summed E-state index contributed by atoms with van der Waals surface area (Å²) in [5.41, 5.74) is 3.19. The molecule has 1 aliphatic rings. The van der Waals surface area contributed by atoms with Crippen LogP contribution in [0.2, 0.25) is 0 Å². The molecule has 0 aromatic heterocycles. The highest BCUT2D eigenvalue weighted by molar-refractivity contribution is 5.96. The summed E-state index contributed by atoms with van der Waals surface area (Å²) in [7, 11) is 0. The molecule has 132 valence electrons. The Balaban J connectivity index is 2.04. The first-order chi connectivity index (χ1) is 11.3. The van der Waals surface area contributed by atoms with E-state index < -0.39 is 0 Å². The number of hydrogen-bond donors (Lipinski definition) is 1. The summed E-state index contributed by atoms with van der Waals surface area (Å²) in [5, 5.41) is 3.13. The lowest BCUT2D eigenvalue weighted by Gasteiger charge is -2.37. The van der Waals surface area contributed by atoms with Crippen LogP contribution in [-0.2, 0) is 9.59 Å². The lowest BCUT2D eigenvalue weighted by molar-refractivity contribution is -0.131. The fourth-order valence-corrected chi connectivity index (χ4v) is 3.16. The lowest BCUT2D eigenvalue weighted by atomic mass is 9.98. The van der Waals surface area contributed by atoms with Gasteiger partial charge in [-0.1, -0.05) is 32.0 Å². The van der Waals surface area contributed by atoms with Crippen molar-refractivity contribution in [3.63, 3.8) is 0 Å². The van der Waals surface area contributed by atoms with Crippen LogP contribution in [0.25, 0.3) is 0 Å². The van der Waals surface area contributed by atoms with Crippen molar-refractivity contribution in [2.45, 2.75) is 46.6 Å². The van der Waals surface area contributed by atoms with Gasteiger partial charge in [-0.15, -0.1) is 0 Å². The maximum atomic E-state index is 12.7. The summed E-state index contributed by atoms with van der Waals surface area (Å²) in [6.07, 6.45) is 0. The van der Waals surface area contributed by atoms with Gasteiger partial charge < -0.3 is 10.2 Å². The highest BCUT2D eigenvalue weighted by atomic mass is 16.2. The third-order valence-corrected chi connectivity index (χ3v) is 4.86. The van der Waals surface area contributed by atoms with E-state index in [0.29, 0.717) is 19.0 Å². The molecule has 1 N–H and O–H groups in total. The number of rotatable bonds is 4. The molecule has 0 saturated carbocycles. The van der Waals surface area contributed by atoms with Crippen LogP contribution in [0, 0.1) is 6.92 Å². The largest absolute Gasteiger partial charge is 0.340 e. The minimum Gasteiger partial charge on any atom is -0.340 e. The van der Waals surface area contributed by atoms with Gasteiger partial charge in [-0.2, -0.15) is 0 Å². The predicted octanol–water partition coefficient (Wildman–Crippen LogP) is 2.61. The number of nitrogens with one attached hydrogen (secondary N) is 1. The fraction of sp³-hybridized carbons (Fsp3) is 0.579. The quantitative estimate of drug-likeness (QED) is 0.923. The van der Waals surface area contributed by atoms with Gasteiger partial charge in [-0.05, 0) is 30.9 Å². The average molecular weight is 331 g/mol. The number of hydrogen-bond acceptors (Lipinski definition) is 3. The summed E-state index contributed by atoms with van der Waals surface area (Å²) in [6, 6.07) is 5.92. The van der Waals surface area contributed by atoms with E-state index in [1.807, 2.05) is 30.9 Å². The molecule has 0 bridgehead atoms. The Bertz CT molecular complexity index is 605. The van der Waals surface area contributed by atoms with Crippen molar-refractivity contribution in [1.82, 2.24) is 9.80 Å². The number of anilines is 1. The number of nitrogens with zero attached hydrogens (tertiary/aromatic N) is 2. The van der Waals surface area contributed by atoms with E-state index in [0.717, 1.165) is 29.9 Å². The van der Waals surface area contributed by atoms with Gasteiger partial charge in [0.15, 0.2) is 0 Å². The molecule has 1 aliphatic heterocycles. The van der Waals surface area contributed by atoms with Crippen LogP contribution in [0.3, 0.4) is 0 Å². The van der Waals surface area contributed by atoms with Crippen LogP contribution in [0.15, 0.2) is 18.2 Å². The third kappa shape index (κ3) is 4.15. The van der Waals surface area contributed by atoms with Gasteiger partial charge in [0.2, 0.25) is 11.8 Å². The Morgan fingerprint density at radius 3 is 2.25 bits per heavy atom. The van der Waals surface area contributed by atoms with Crippen molar-refractivity contribution in [1.29, 1.82) is 0 Å². The second-order valence-corrected chi connectivity index (χ2v) is 6.90. The average Bonchev–Trinajstić information content (AvgIpc) is 2.55. The smallest absolute Gasteiger partial charge is 0.241 e. The highest BCUT2D eigenvalue weighted by Crippen LogP contribution is 2.27. The number of aryl methyl sites for hydroxylation is 1. The van der Waals surface area contributed by atoms with E-state index in [9.17, 15) is 9.59 Å². The molecule has 5 heteroatoms. The second kappa shape index (κ2) is 7.79. The van der Waals surface area contributed by atoms with Crippen LogP contribution in [-0.4, -0.2) is 53.8 Å². The number of para-hydroxylation sites is 1. The summed E-state index contributed by atoms with van der Waals surface area (Å²) in [6.45, 7) is 12.7. The number of carbonyl (C=O) groups excluding carboxylic acids is 2. The molecule has 1 heterocycles. The van der Waals surface area contributed by atoms with Crippen molar-refractivity contribution < 1.29 is 9.59 Å². The van der Waals surface area contributed by atoms with E-state index in [4.69, 9.17) is 0 Å². The Labute approximate surface area is 145 Å². The molecule has 0 spiro atoms. The maximum absolute atomic E-state index is 12.7. The fourth-order valence-electron chi connectivity index (χ4n) is 3.16. The second-order valence-electron chi connectivity index (χ2n) is 6.90. The molecule has 1 saturated heterocycles. The number of carbonyl (C=O) groups is 2. The van der Waals surface area contributed by atoms with E-state index >= 15 is 0 Å². The maximum Gasteiger partial charge on any atom is 0.241 e. The standard InChI is InChI=1S/C19H29N3O2/c1-13(2)17-8-6-7-14(3)18(17)20-19(24)15(4)21-9-11-22(12-10-21)16(5)23/h6-8,13,15H,9-12H2,1-5H3,(H,20,24)/t15-/m1/s1. The zero-order valence-electron chi connectivity index (χ0n) is 15.4. The lowest BCUT2D eigenvalue weighted by Crippen LogP contribution is -2.53. The molecule has 1 atom stereocenters. The number of piperazine rings is 1. The Kier molecular flexibility index (Phi) is 5.99. The van der Waals surface area contributed by atoms with Gasteiger partial charge in [0.1, 0.15) is 0 Å². The molecule has 1 fully saturated rings. The summed E-state index contributed by atoms with van der Waals surface area (Å²) in [4.78, 5) is 28.1. The van der Waals surface area contributed by atoms with Crippen LogP contribution >= 0.6 is 0 Å². The van der Waals surface area contributed by atoms with Crippen LogP contribution in [0.5, 0.6) is 0 Å². The molecule has 0 radical (unpaired) electrons. The van der Waals surface area contributed by atoms with Crippen molar-refractivity contribution >= 4 is 17.5 Å². The van der Waals surface area contributed by atoms with E-state index in [-0.39, 0.29) is 17.9 Å². The molecule has 5 nitrogen and oxygen atoms in total. The van der Waals surface area contributed by atoms with Crippen LogP contribution < -0.4 is 5.32 Å². The van der Waals surface area contributed by atoms with E-state index in [2.05, 4.69) is 30.1 Å². The molecule has 0 aliphatic carbocycles. The summed E-state index contributed by atoms with van der Waals surface area (Å²) in [5.74, 6) is 0.477. The number of amides is 2. The van der Waals surface area contributed by atoms with Gasteiger partial charge >= 0.3 is 0 Å². The van der Waals surface area contributed by atoms with Gasteiger partial charge in [0.05, 0.1) is 6.04 Å². The Hall–Kier alpha value is -1.88. The van der Waals surface area contributed by atoms with E-state index in [1.54, 1.807) is 6.92 Å². The first kappa shape index (κ1) is 18.5. The molecule has 0 unspecified atom stereocenters. The zero-order valence-corrected chi connectivity index (χ0v) is 15.4. The summed E-state index contributed by atoms with van der Waals surface area (Å²) < 4.78 is 0. The van der Waals surface area contributed by atoms with Crippen LogP contribution in [0.1, 0.15) is 44.7 Å². The third-order valence-electron chi connectivity index (χ3n) is 4.86.